The molecule has 0 heterocycles. The van der Waals surface area contributed by atoms with Gasteiger partial charge in [-0.25, -0.2) is 0 Å². The number of alkyl halides is 6. The van der Waals surface area contributed by atoms with Crippen LogP contribution in [0.1, 0.15) is 93.9 Å². The maximum Gasteiger partial charge on any atom is 0.404 e. The van der Waals surface area contributed by atoms with Crippen LogP contribution in [0.15, 0.2) is 0 Å². The highest BCUT2D eigenvalue weighted by Gasteiger charge is 2.43. The molecular weight excluding hydrogens is 430 g/mol. The lowest BCUT2D eigenvalue weighted by Gasteiger charge is -2.32. The first-order valence-corrected chi connectivity index (χ1v) is 12.0. The Hall–Kier alpha value is -0.500. The fourth-order valence-corrected chi connectivity index (χ4v) is 3.92. The number of rotatable bonds is 14. The molecule has 0 saturated heterocycles. The van der Waals surface area contributed by atoms with Crippen LogP contribution in [0.4, 0.5) is 26.3 Å². The van der Waals surface area contributed by atoms with Crippen LogP contribution < -0.4 is 10.6 Å². The lowest BCUT2D eigenvalue weighted by Crippen LogP contribution is -2.50. The van der Waals surface area contributed by atoms with E-state index in [-0.39, 0.29) is 23.9 Å². The second-order valence-electron chi connectivity index (χ2n) is 11.2. The van der Waals surface area contributed by atoms with Gasteiger partial charge in [0.25, 0.3) is 0 Å². The monoisotopic (exact) mass is 476 g/mol. The van der Waals surface area contributed by atoms with Crippen molar-refractivity contribution in [3.8, 4) is 0 Å². The van der Waals surface area contributed by atoms with Crippen molar-refractivity contribution in [3.63, 3.8) is 0 Å². The molecule has 0 amide bonds. The molecule has 194 valence electrons. The Labute approximate surface area is 191 Å². The van der Waals surface area contributed by atoms with Gasteiger partial charge in [-0.05, 0) is 68.7 Å². The summed E-state index contributed by atoms with van der Waals surface area (Å²) in [5.41, 5.74) is 0.0782. The summed E-state index contributed by atoms with van der Waals surface area (Å²) in [5.74, 6) is -0.955. The van der Waals surface area contributed by atoms with Gasteiger partial charge in [0.15, 0.2) is 0 Å². The predicted octanol–water partition coefficient (Wildman–Crippen LogP) is 7.73. The van der Waals surface area contributed by atoms with Crippen molar-refractivity contribution in [2.45, 2.75) is 124 Å². The quantitative estimate of drug-likeness (QED) is 0.198. The van der Waals surface area contributed by atoms with Gasteiger partial charge in [0.05, 0.1) is 0 Å². The molecule has 0 aromatic carbocycles. The van der Waals surface area contributed by atoms with E-state index < -0.39 is 36.3 Å². The van der Waals surface area contributed by atoms with E-state index in [1.54, 1.807) is 13.8 Å². The van der Waals surface area contributed by atoms with Gasteiger partial charge in [0.2, 0.25) is 0 Å². The molecular formula is C24H46F6N2. The zero-order valence-electron chi connectivity index (χ0n) is 21.2. The molecule has 0 rings (SSSR count). The van der Waals surface area contributed by atoms with Crippen molar-refractivity contribution < 1.29 is 26.3 Å². The third-order valence-electron chi connectivity index (χ3n) is 6.09. The minimum Gasteiger partial charge on any atom is -0.306 e. The van der Waals surface area contributed by atoms with Crippen LogP contribution in [0.2, 0.25) is 0 Å². The van der Waals surface area contributed by atoms with Crippen LogP contribution in [0, 0.1) is 23.2 Å². The number of hydrogen-bond acceptors (Lipinski definition) is 2. The molecule has 3 unspecified atom stereocenters. The maximum atomic E-state index is 13.7. The van der Waals surface area contributed by atoms with E-state index in [0.717, 1.165) is 6.42 Å². The summed E-state index contributed by atoms with van der Waals surface area (Å²) in [6, 6.07) is -3.31. The third kappa shape index (κ3) is 13.9. The van der Waals surface area contributed by atoms with Crippen LogP contribution >= 0.6 is 0 Å². The molecule has 32 heavy (non-hydrogen) atoms. The zero-order chi connectivity index (χ0) is 25.3. The predicted molar refractivity (Wildman–Crippen MR) is 121 cm³/mol. The van der Waals surface area contributed by atoms with Gasteiger partial charge in [-0.1, -0.05) is 54.9 Å². The first-order valence-electron chi connectivity index (χ1n) is 12.0. The molecule has 8 heteroatoms. The summed E-state index contributed by atoms with van der Waals surface area (Å²) >= 11 is 0. The van der Waals surface area contributed by atoms with Gasteiger partial charge in [0, 0.05) is 6.04 Å². The second kappa shape index (κ2) is 13.4. The van der Waals surface area contributed by atoms with Crippen molar-refractivity contribution in [2.24, 2.45) is 23.2 Å². The van der Waals surface area contributed by atoms with Crippen molar-refractivity contribution in [1.82, 2.24) is 10.6 Å². The standard InChI is InChI=1S/C24H46F6N2/c1-16(2)20(23(25,26)27)31-15-9-10-17(3)11-12-18(4)21(24(28,29)30)32-19(5)13-14-22(6,7)8/h16-21,31-32H,9-15H2,1-8H3/t17?,18?,19?,20-,21+/m1/s1. The molecule has 0 radical (unpaired) electrons. The minimum atomic E-state index is -4.31. The van der Waals surface area contributed by atoms with Gasteiger partial charge in [-0.3, -0.25) is 0 Å². The largest absolute Gasteiger partial charge is 0.404 e. The number of halogens is 6. The number of nitrogens with one attached hydrogen (secondary N) is 2. The van der Waals surface area contributed by atoms with E-state index in [1.807, 2.05) is 6.92 Å². The molecule has 0 aliphatic rings. The summed E-state index contributed by atoms with van der Waals surface area (Å²) < 4.78 is 79.9. The third-order valence-corrected chi connectivity index (χ3v) is 6.09. The molecule has 0 bridgehead atoms. The number of hydrogen-bond donors (Lipinski definition) is 2. The van der Waals surface area contributed by atoms with Gasteiger partial charge < -0.3 is 10.6 Å². The average Bonchev–Trinajstić information content (AvgIpc) is 2.59. The van der Waals surface area contributed by atoms with Gasteiger partial charge in [-0.2, -0.15) is 26.3 Å². The molecule has 0 spiro atoms. The Kier molecular flexibility index (Phi) is 13.2. The topological polar surface area (TPSA) is 24.1 Å². The summed E-state index contributed by atoms with van der Waals surface area (Å²) in [4.78, 5) is 0. The van der Waals surface area contributed by atoms with Crippen LogP contribution in [0.5, 0.6) is 0 Å². The van der Waals surface area contributed by atoms with Gasteiger partial charge in [-0.15, -0.1) is 0 Å². The van der Waals surface area contributed by atoms with Gasteiger partial charge in [0.1, 0.15) is 12.1 Å². The zero-order valence-corrected chi connectivity index (χ0v) is 21.2. The molecule has 0 fully saturated rings. The SMILES string of the molecule is CC(CCCN[C@H](C(C)C)C(F)(F)F)CCC(C)[C@H](NC(C)CCC(C)(C)C)C(F)(F)F. The molecule has 5 atom stereocenters. The fraction of sp³-hybridized carbons (Fsp3) is 1.00. The molecule has 0 aliphatic carbocycles. The molecule has 2 N–H and O–H groups in total. The highest BCUT2D eigenvalue weighted by atomic mass is 19.4. The average molecular weight is 477 g/mol. The highest BCUT2D eigenvalue weighted by molar-refractivity contribution is 4.84. The molecule has 0 aliphatic heterocycles. The van der Waals surface area contributed by atoms with E-state index in [4.69, 9.17) is 0 Å². The Morgan fingerprint density at radius 1 is 0.688 bits per heavy atom. The smallest absolute Gasteiger partial charge is 0.306 e. The summed E-state index contributed by atoms with van der Waals surface area (Å²) in [5, 5.41) is 5.38. The first-order chi connectivity index (χ1) is 14.3. The Morgan fingerprint density at radius 3 is 1.66 bits per heavy atom. The normalized spacial score (nSPS) is 18.5. The van der Waals surface area contributed by atoms with E-state index in [9.17, 15) is 26.3 Å². The van der Waals surface area contributed by atoms with Crippen LogP contribution in [-0.2, 0) is 0 Å². The Morgan fingerprint density at radius 2 is 1.22 bits per heavy atom. The van der Waals surface area contributed by atoms with Crippen molar-refractivity contribution in [3.05, 3.63) is 0 Å². The molecule has 0 saturated carbocycles. The van der Waals surface area contributed by atoms with Crippen molar-refractivity contribution in [1.29, 1.82) is 0 Å². The van der Waals surface area contributed by atoms with E-state index in [0.29, 0.717) is 32.1 Å². The fourth-order valence-electron chi connectivity index (χ4n) is 3.92. The first kappa shape index (κ1) is 31.5. The van der Waals surface area contributed by atoms with Crippen molar-refractivity contribution in [2.75, 3.05) is 6.54 Å². The molecule has 0 aromatic heterocycles. The second-order valence-corrected chi connectivity index (χ2v) is 11.2. The van der Waals surface area contributed by atoms with E-state index >= 15 is 0 Å². The molecule has 0 aromatic rings. The summed E-state index contributed by atoms with van der Waals surface area (Å²) in [6.07, 6.45) is -4.76. The maximum absolute atomic E-state index is 13.7. The van der Waals surface area contributed by atoms with E-state index in [1.165, 1.54) is 13.8 Å². The van der Waals surface area contributed by atoms with Crippen LogP contribution in [-0.4, -0.2) is 37.0 Å². The minimum absolute atomic E-state index is 0.0782. The van der Waals surface area contributed by atoms with Gasteiger partial charge >= 0.3 is 12.4 Å². The van der Waals surface area contributed by atoms with E-state index in [2.05, 4.69) is 31.4 Å². The summed E-state index contributed by atoms with van der Waals surface area (Å²) in [7, 11) is 0. The molecule has 2 nitrogen and oxygen atoms in total. The lowest BCUT2D eigenvalue weighted by molar-refractivity contribution is -0.169. The van der Waals surface area contributed by atoms with Crippen LogP contribution in [0.25, 0.3) is 0 Å². The Bertz CT molecular complexity index is 496. The van der Waals surface area contributed by atoms with Crippen molar-refractivity contribution >= 4 is 0 Å². The summed E-state index contributed by atoms with van der Waals surface area (Å²) in [6.45, 7) is 14.9. The Balaban J connectivity index is 4.53. The highest BCUT2D eigenvalue weighted by Crippen LogP contribution is 2.31. The lowest BCUT2D eigenvalue weighted by atomic mass is 9.87. The van der Waals surface area contributed by atoms with Crippen LogP contribution in [0.3, 0.4) is 0 Å².